The summed E-state index contributed by atoms with van der Waals surface area (Å²) < 4.78 is 0. The van der Waals surface area contributed by atoms with E-state index in [0.29, 0.717) is 18.8 Å². The molecule has 0 radical (unpaired) electrons. The molecule has 0 aliphatic heterocycles. The Kier molecular flexibility index (Phi) is 4.04. The fraction of sp³-hybridized carbons (Fsp3) is 0.154. The first-order chi connectivity index (χ1) is 9.18. The monoisotopic (exact) mass is 259 g/mol. The molecule has 6 nitrogen and oxygen atoms in total. The molecular weight excluding hydrogens is 246 g/mol. The number of phenolic OH excluding ortho intramolecular Hbond substituents is 1. The van der Waals surface area contributed by atoms with Crippen molar-refractivity contribution in [3.63, 3.8) is 0 Å². The summed E-state index contributed by atoms with van der Waals surface area (Å²) >= 11 is 0. The number of carboxylic acid groups (broad SMARTS) is 1. The molecule has 0 aliphatic rings. The first-order valence-electron chi connectivity index (χ1n) is 5.68. The number of rotatable bonds is 5. The molecule has 2 aromatic rings. The topological polar surface area (TPSA) is 95.3 Å². The zero-order valence-corrected chi connectivity index (χ0v) is 10.1. The molecule has 0 unspecified atom stereocenters. The lowest BCUT2D eigenvalue weighted by Gasteiger charge is -2.07. The fourth-order valence-corrected chi connectivity index (χ4v) is 1.65. The van der Waals surface area contributed by atoms with Crippen LogP contribution in [0, 0.1) is 0 Å². The van der Waals surface area contributed by atoms with Crippen molar-refractivity contribution < 1.29 is 15.0 Å². The number of aromatic hydroxyl groups is 1. The van der Waals surface area contributed by atoms with Gasteiger partial charge in [-0.1, -0.05) is 18.2 Å². The minimum absolute atomic E-state index is 0.0762. The van der Waals surface area contributed by atoms with Crippen molar-refractivity contribution in [3.8, 4) is 5.75 Å². The van der Waals surface area contributed by atoms with E-state index >= 15 is 0 Å². The van der Waals surface area contributed by atoms with E-state index < -0.39 is 5.97 Å². The second-order valence-corrected chi connectivity index (χ2v) is 3.92. The lowest BCUT2D eigenvalue weighted by atomic mass is 10.2. The van der Waals surface area contributed by atoms with Gasteiger partial charge in [-0.3, -0.25) is 0 Å². The van der Waals surface area contributed by atoms with Gasteiger partial charge in [-0.2, -0.15) is 0 Å². The molecule has 3 N–H and O–H groups in total. The predicted octanol–water partition coefficient (Wildman–Crippen LogP) is 1.17. The molecule has 1 heterocycles. The summed E-state index contributed by atoms with van der Waals surface area (Å²) in [6, 6.07) is 6.96. The summed E-state index contributed by atoms with van der Waals surface area (Å²) in [7, 11) is 0. The van der Waals surface area contributed by atoms with Gasteiger partial charge in [0.15, 0.2) is 0 Å². The van der Waals surface area contributed by atoms with Crippen LogP contribution in [0.1, 0.15) is 21.6 Å². The third-order valence-corrected chi connectivity index (χ3v) is 2.62. The number of nitrogens with one attached hydrogen (secondary N) is 1. The van der Waals surface area contributed by atoms with Gasteiger partial charge in [0.1, 0.15) is 17.6 Å². The first kappa shape index (κ1) is 13.0. The molecule has 1 aromatic heterocycles. The standard InChI is InChI=1S/C13H13N3O3/c17-12-4-2-1-3-9(12)5-14-7-11-10(13(18)19)6-15-8-16-11/h1-4,6,8,14,17H,5,7H2,(H,18,19). The average molecular weight is 259 g/mol. The molecule has 1 aromatic carbocycles. The van der Waals surface area contributed by atoms with Crippen LogP contribution in [0.15, 0.2) is 36.8 Å². The Labute approximate surface area is 109 Å². The van der Waals surface area contributed by atoms with Gasteiger partial charge in [-0.05, 0) is 6.07 Å². The van der Waals surface area contributed by atoms with E-state index in [1.165, 1.54) is 12.5 Å². The SMILES string of the molecule is O=C(O)c1cncnc1CNCc1ccccc1O. The highest BCUT2D eigenvalue weighted by Crippen LogP contribution is 2.15. The average Bonchev–Trinajstić information content (AvgIpc) is 2.41. The van der Waals surface area contributed by atoms with Crippen molar-refractivity contribution in [2.75, 3.05) is 0 Å². The fourth-order valence-electron chi connectivity index (χ4n) is 1.65. The van der Waals surface area contributed by atoms with Crippen molar-refractivity contribution in [3.05, 3.63) is 53.6 Å². The third kappa shape index (κ3) is 3.26. The van der Waals surface area contributed by atoms with Crippen LogP contribution in [0.2, 0.25) is 0 Å². The molecule has 0 amide bonds. The highest BCUT2D eigenvalue weighted by atomic mass is 16.4. The normalized spacial score (nSPS) is 10.3. The molecule has 0 atom stereocenters. The molecule has 0 saturated carbocycles. The first-order valence-corrected chi connectivity index (χ1v) is 5.68. The quantitative estimate of drug-likeness (QED) is 0.746. The summed E-state index contributed by atoms with van der Waals surface area (Å²) in [5.74, 6) is -0.851. The van der Waals surface area contributed by atoms with Crippen LogP contribution in [0.25, 0.3) is 0 Å². The number of para-hydroxylation sites is 1. The van der Waals surface area contributed by atoms with Gasteiger partial charge >= 0.3 is 5.97 Å². The van der Waals surface area contributed by atoms with Gasteiger partial charge in [-0.25, -0.2) is 14.8 Å². The van der Waals surface area contributed by atoms with E-state index in [4.69, 9.17) is 5.11 Å². The van der Waals surface area contributed by atoms with E-state index in [0.717, 1.165) is 5.56 Å². The number of benzene rings is 1. The minimum Gasteiger partial charge on any atom is -0.508 e. The number of aromatic carboxylic acids is 1. The van der Waals surface area contributed by atoms with E-state index in [2.05, 4.69) is 15.3 Å². The maximum absolute atomic E-state index is 11.0. The second kappa shape index (κ2) is 5.92. The molecule has 98 valence electrons. The molecule has 0 spiro atoms. The number of aromatic nitrogens is 2. The predicted molar refractivity (Wildman–Crippen MR) is 67.6 cm³/mol. The van der Waals surface area contributed by atoms with Crippen LogP contribution in [0.3, 0.4) is 0 Å². The molecular formula is C13H13N3O3. The summed E-state index contributed by atoms with van der Waals surface area (Å²) in [5.41, 5.74) is 1.23. The Morgan fingerprint density at radius 2 is 2.05 bits per heavy atom. The van der Waals surface area contributed by atoms with Crippen LogP contribution >= 0.6 is 0 Å². The van der Waals surface area contributed by atoms with Crippen molar-refractivity contribution in [2.24, 2.45) is 0 Å². The van der Waals surface area contributed by atoms with Gasteiger partial charge in [0.2, 0.25) is 0 Å². The number of hydrogen-bond donors (Lipinski definition) is 3. The van der Waals surface area contributed by atoms with E-state index in [9.17, 15) is 9.90 Å². The lowest BCUT2D eigenvalue weighted by molar-refractivity contribution is 0.0694. The number of phenols is 1. The summed E-state index contributed by atoms with van der Waals surface area (Å²) in [4.78, 5) is 18.6. The van der Waals surface area contributed by atoms with Crippen LogP contribution < -0.4 is 5.32 Å². The van der Waals surface area contributed by atoms with Crippen LogP contribution in [0.5, 0.6) is 5.75 Å². The van der Waals surface area contributed by atoms with E-state index in [-0.39, 0.29) is 11.3 Å². The summed E-state index contributed by atoms with van der Waals surface area (Å²) in [6.07, 6.45) is 2.58. The number of carboxylic acids is 1. The van der Waals surface area contributed by atoms with Crippen molar-refractivity contribution in [1.82, 2.24) is 15.3 Å². The van der Waals surface area contributed by atoms with Gasteiger partial charge in [0, 0.05) is 24.8 Å². The smallest absolute Gasteiger partial charge is 0.339 e. The Balaban J connectivity index is 2.00. The summed E-state index contributed by atoms with van der Waals surface area (Å²) in [6.45, 7) is 0.716. The number of carbonyl (C=O) groups is 1. The maximum atomic E-state index is 11.0. The Bertz CT molecular complexity index is 587. The van der Waals surface area contributed by atoms with E-state index in [1.807, 2.05) is 6.07 Å². The highest BCUT2D eigenvalue weighted by Gasteiger charge is 2.10. The van der Waals surface area contributed by atoms with Gasteiger partial charge in [-0.15, -0.1) is 0 Å². The number of hydrogen-bond acceptors (Lipinski definition) is 5. The minimum atomic E-state index is -1.06. The Hall–Kier alpha value is -2.47. The van der Waals surface area contributed by atoms with Gasteiger partial charge in [0.25, 0.3) is 0 Å². The number of nitrogens with zero attached hydrogens (tertiary/aromatic N) is 2. The summed E-state index contributed by atoms with van der Waals surface area (Å²) in [5, 5.41) is 21.6. The third-order valence-electron chi connectivity index (χ3n) is 2.62. The molecule has 0 fully saturated rings. The van der Waals surface area contributed by atoms with Crippen LogP contribution in [-0.2, 0) is 13.1 Å². The highest BCUT2D eigenvalue weighted by molar-refractivity contribution is 5.88. The van der Waals surface area contributed by atoms with Crippen molar-refractivity contribution in [2.45, 2.75) is 13.1 Å². The Morgan fingerprint density at radius 1 is 1.26 bits per heavy atom. The molecule has 2 rings (SSSR count). The Morgan fingerprint density at radius 3 is 2.79 bits per heavy atom. The van der Waals surface area contributed by atoms with Crippen molar-refractivity contribution in [1.29, 1.82) is 0 Å². The molecule has 19 heavy (non-hydrogen) atoms. The lowest BCUT2D eigenvalue weighted by Crippen LogP contribution is -2.17. The van der Waals surface area contributed by atoms with Gasteiger partial charge in [0.05, 0.1) is 5.69 Å². The largest absolute Gasteiger partial charge is 0.508 e. The molecule has 0 bridgehead atoms. The van der Waals surface area contributed by atoms with Crippen molar-refractivity contribution >= 4 is 5.97 Å². The zero-order valence-electron chi connectivity index (χ0n) is 10.1. The molecule has 0 saturated heterocycles. The molecule has 0 aliphatic carbocycles. The zero-order chi connectivity index (χ0) is 13.7. The maximum Gasteiger partial charge on any atom is 0.339 e. The molecule has 6 heteroatoms. The van der Waals surface area contributed by atoms with Crippen LogP contribution in [-0.4, -0.2) is 26.2 Å². The second-order valence-electron chi connectivity index (χ2n) is 3.92. The van der Waals surface area contributed by atoms with Crippen LogP contribution in [0.4, 0.5) is 0 Å². The van der Waals surface area contributed by atoms with Gasteiger partial charge < -0.3 is 15.5 Å². The van der Waals surface area contributed by atoms with E-state index in [1.54, 1.807) is 18.2 Å².